The smallest absolute Gasteiger partial charge is 0.259 e. The van der Waals surface area contributed by atoms with Crippen molar-refractivity contribution in [3.8, 4) is 6.07 Å². The highest BCUT2D eigenvalue weighted by Gasteiger charge is 2.26. The van der Waals surface area contributed by atoms with Crippen LogP contribution in [0.4, 0.5) is 0 Å². The normalized spacial score (nSPS) is 13.9. The Morgan fingerprint density at radius 1 is 1.16 bits per heavy atom. The fraction of sp³-hybridized carbons (Fsp3) is 0.929. The van der Waals surface area contributed by atoms with Gasteiger partial charge in [-0.15, -0.1) is 0 Å². The molecule has 0 rings (SSSR count). The van der Waals surface area contributed by atoms with E-state index in [9.17, 15) is 0 Å². The second-order valence-corrected chi connectivity index (χ2v) is 6.39. The molecule has 4 nitrogen and oxygen atoms in total. The van der Waals surface area contributed by atoms with Crippen molar-refractivity contribution in [2.24, 2.45) is 0 Å². The Hall–Kier alpha value is -0.200. The van der Waals surface area contributed by atoms with E-state index in [1.807, 2.05) is 0 Å². The molecule has 19 heavy (non-hydrogen) atoms. The standard InChI is InChI=1S/C14H29N2O2P/c1-6-7-8-11-17-19(18-12-9-10-15)16(13(2)3)14(4)5/h13-14H,6-9,11-12H2,1-5H3/i1D. The minimum atomic E-state index is -1.10. The number of nitriles is 1. The summed E-state index contributed by atoms with van der Waals surface area (Å²) in [7, 11) is -1.10. The van der Waals surface area contributed by atoms with Crippen molar-refractivity contribution < 1.29 is 10.4 Å². The van der Waals surface area contributed by atoms with Gasteiger partial charge in [0.2, 0.25) is 0 Å². The summed E-state index contributed by atoms with van der Waals surface area (Å²) < 4.78 is 21.0. The lowest BCUT2D eigenvalue weighted by Gasteiger charge is -2.35. The maximum atomic E-state index is 8.61. The third kappa shape index (κ3) is 8.55. The minimum absolute atomic E-state index is 0.344. The van der Waals surface area contributed by atoms with Crippen molar-refractivity contribution in [3.63, 3.8) is 0 Å². The molecule has 0 bridgehead atoms. The average Bonchev–Trinajstić information content (AvgIpc) is 2.37. The van der Waals surface area contributed by atoms with Crippen LogP contribution < -0.4 is 0 Å². The fourth-order valence-electron chi connectivity index (χ4n) is 1.73. The maximum Gasteiger partial charge on any atom is 0.259 e. The van der Waals surface area contributed by atoms with Crippen molar-refractivity contribution >= 4 is 8.53 Å². The van der Waals surface area contributed by atoms with Gasteiger partial charge in [0.15, 0.2) is 0 Å². The minimum Gasteiger partial charge on any atom is -0.322 e. The zero-order chi connectivity index (χ0) is 15.4. The lowest BCUT2D eigenvalue weighted by atomic mass is 10.3. The third-order valence-electron chi connectivity index (χ3n) is 2.51. The molecule has 1 unspecified atom stereocenters. The Morgan fingerprint density at radius 3 is 2.32 bits per heavy atom. The second kappa shape index (κ2) is 11.6. The predicted molar refractivity (Wildman–Crippen MR) is 80.7 cm³/mol. The van der Waals surface area contributed by atoms with E-state index in [4.69, 9.17) is 15.7 Å². The van der Waals surface area contributed by atoms with Crippen LogP contribution in [0.25, 0.3) is 0 Å². The Kier molecular flexibility index (Phi) is 10.3. The van der Waals surface area contributed by atoms with E-state index in [1.54, 1.807) is 0 Å². The first-order valence-electron chi connectivity index (χ1n) is 7.75. The van der Waals surface area contributed by atoms with Crippen LogP contribution in [0, 0.1) is 11.3 Å². The molecule has 0 aliphatic carbocycles. The molecular weight excluding hydrogens is 259 g/mol. The van der Waals surface area contributed by atoms with E-state index >= 15 is 0 Å². The number of hydrogen-bond donors (Lipinski definition) is 0. The van der Waals surface area contributed by atoms with Gasteiger partial charge in [-0.2, -0.15) is 5.26 Å². The largest absolute Gasteiger partial charge is 0.322 e. The van der Waals surface area contributed by atoms with Crippen LogP contribution in [0.15, 0.2) is 0 Å². The molecule has 112 valence electrons. The molecule has 0 N–H and O–H groups in total. The molecule has 0 aromatic heterocycles. The van der Waals surface area contributed by atoms with Gasteiger partial charge in [0.25, 0.3) is 8.53 Å². The molecule has 0 aromatic carbocycles. The first-order chi connectivity index (χ1) is 9.54. The molecule has 0 heterocycles. The van der Waals surface area contributed by atoms with Gasteiger partial charge in [0, 0.05) is 13.5 Å². The zero-order valence-electron chi connectivity index (χ0n) is 13.8. The topological polar surface area (TPSA) is 45.5 Å². The monoisotopic (exact) mass is 289 g/mol. The second-order valence-electron chi connectivity index (χ2n) is 4.94. The van der Waals surface area contributed by atoms with Gasteiger partial charge in [-0.1, -0.05) is 19.7 Å². The molecule has 0 amide bonds. The molecule has 0 aliphatic rings. The van der Waals surface area contributed by atoms with Crippen LogP contribution in [-0.2, 0) is 9.05 Å². The van der Waals surface area contributed by atoms with Crippen LogP contribution >= 0.6 is 8.53 Å². The highest BCUT2D eigenvalue weighted by atomic mass is 31.2. The van der Waals surface area contributed by atoms with Crippen LogP contribution in [0.2, 0.25) is 0 Å². The number of rotatable bonds is 11. The first-order valence-corrected chi connectivity index (χ1v) is 8.18. The highest BCUT2D eigenvalue weighted by molar-refractivity contribution is 7.44. The van der Waals surface area contributed by atoms with Crippen LogP contribution in [0.3, 0.4) is 0 Å². The van der Waals surface area contributed by atoms with Gasteiger partial charge in [-0.25, -0.2) is 4.67 Å². The molecule has 0 aromatic rings. The van der Waals surface area contributed by atoms with E-state index in [2.05, 4.69) is 38.4 Å². The van der Waals surface area contributed by atoms with Gasteiger partial charge in [0.05, 0.1) is 25.7 Å². The lowest BCUT2D eigenvalue weighted by molar-refractivity contribution is 0.174. The Balaban J connectivity index is 4.34. The van der Waals surface area contributed by atoms with E-state index in [1.165, 1.54) is 0 Å². The summed E-state index contributed by atoms with van der Waals surface area (Å²) in [6, 6.07) is 2.78. The van der Waals surface area contributed by atoms with Gasteiger partial charge < -0.3 is 9.05 Å². The van der Waals surface area contributed by atoms with Crippen LogP contribution in [-0.4, -0.2) is 30.0 Å². The van der Waals surface area contributed by atoms with Gasteiger partial charge in [0.1, 0.15) is 0 Å². The van der Waals surface area contributed by atoms with Gasteiger partial charge in [-0.3, -0.25) is 0 Å². The molecule has 0 saturated heterocycles. The van der Waals surface area contributed by atoms with Gasteiger partial charge in [-0.05, 0) is 34.1 Å². The van der Waals surface area contributed by atoms with E-state index < -0.39 is 8.53 Å². The van der Waals surface area contributed by atoms with Crippen molar-refractivity contribution in [2.75, 3.05) is 13.2 Å². The fourth-order valence-corrected chi connectivity index (χ4v) is 3.36. The Labute approximate surface area is 121 Å². The zero-order valence-corrected chi connectivity index (χ0v) is 13.7. The summed E-state index contributed by atoms with van der Waals surface area (Å²) in [5.41, 5.74) is 0. The van der Waals surface area contributed by atoms with Crippen molar-refractivity contribution in [1.82, 2.24) is 4.67 Å². The summed E-state index contributed by atoms with van der Waals surface area (Å²) in [5, 5.41) is 8.61. The Bertz CT molecular complexity index is 264. The molecular formula is C14H29N2O2P. The number of hydrogen-bond acceptors (Lipinski definition) is 4. The lowest BCUT2D eigenvalue weighted by Crippen LogP contribution is -2.33. The van der Waals surface area contributed by atoms with Crippen molar-refractivity contribution in [2.45, 2.75) is 72.4 Å². The molecule has 1 atom stereocenters. The Morgan fingerprint density at radius 2 is 1.79 bits per heavy atom. The summed E-state index contributed by atoms with van der Waals surface area (Å²) in [4.78, 5) is 0. The number of nitrogens with zero attached hydrogens (tertiary/aromatic N) is 2. The molecule has 5 heteroatoms. The summed E-state index contributed by atoms with van der Waals surface area (Å²) in [6.45, 7) is 10.1. The van der Waals surface area contributed by atoms with Crippen LogP contribution in [0.1, 0.15) is 61.6 Å². The third-order valence-corrected chi connectivity index (χ3v) is 4.62. The van der Waals surface area contributed by atoms with E-state index in [0.29, 0.717) is 38.6 Å². The highest BCUT2D eigenvalue weighted by Crippen LogP contribution is 2.46. The number of unbranched alkanes of at least 4 members (excludes halogenated alkanes) is 2. The SMILES string of the molecule is [2H]CCCCCOP(OCCC#N)N(C(C)C)C(C)C. The van der Waals surface area contributed by atoms with Crippen molar-refractivity contribution in [3.05, 3.63) is 0 Å². The maximum absolute atomic E-state index is 8.61. The average molecular weight is 289 g/mol. The quantitative estimate of drug-likeness (QED) is 0.416. The molecule has 0 fully saturated rings. The van der Waals surface area contributed by atoms with Crippen LogP contribution in [0.5, 0.6) is 0 Å². The van der Waals surface area contributed by atoms with Crippen molar-refractivity contribution in [1.29, 1.82) is 5.26 Å². The predicted octanol–water partition coefficient (Wildman–Crippen LogP) is 4.47. The van der Waals surface area contributed by atoms with E-state index in [0.717, 1.165) is 19.3 Å². The molecule has 0 aliphatic heterocycles. The van der Waals surface area contributed by atoms with E-state index in [-0.39, 0.29) is 0 Å². The summed E-state index contributed by atoms with van der Waals surface area (Å²) in [6.07, 6.45) is 3.30. The summed E-state index contributed by atoms with van der Waals surface area (Å²) >= 11 is 0. The first kappa shape index (κ1) is 16.9. The van der Waals surface area contributed by atoms with Gasteiger partial charge >= 0.3 is 0 Å². The molecule has 0 spiro atoms. The molecule has 0 radical (unpaired) electrons. The molecule has 0 saturated carbocycles. The summed E-state index contributed by atoms with van der Waals surface area (Å²) in [5.74, 6) is 0.